The Morgan fingerprint density at radius 2 is 2.14 bits per heavy atom. The van der Waals surface area contributed by atoms with E-state index in [2.05, 4.69) is 54.1 Å². The SMILES string of the molecule is C/C=C1/CN2CCc3c([nH]c4ccccc34)[C@H](C)[C@@]1(O)CC2. The van der Waals surface area contributed by atoms with Crippen molar-refractivity contribution < 1.29 is 5.11 Å². The lowest BCUT2D eigenvalue weighted by Crippen LogP contribution is -2.49. The molecule has 3 nitrogen and oxygen atoms in total. The van der Waals surface area contributed by atoms with Gasteiger partial charge in [0.15, 0.2) is 0 Å². The lowest BCUT2D eigenvalue weighted by molar-refractivity contribution is 0.00969. The third-order valence-corrected chi connectivity index (χ3v) is 5.78. The summed E-state index contributed by atoms with van der Waals surface area (Å²) in [6.45, 7) is 7.19. The van der Waals surface area contributed by atoms with Crippen LogP contribution in [0.2, 0.25) is 0 Å². The van der Waals surface area contributed by atoms with Crippen molar-refractivity contribution in [2.45, 2.75) is 38.2 Å². The summed E-state index contributed by atoms with van der Waals surface area (Å²) in [5.41, 5.74) is 4.28. The van der Waals surface area contributed by atoms with Gasteiger partial charge in [-0.05, 0) is 37.0 Å². The summed E-state index contributed by atoms with van der Waals surface area (Å²) in [6.07, 6.45) is 4.00. The molecule has 0 spiro atoms. The summed E-state index contributed by atoms with van der Waals surface area (Å²) in [6, 6.07) is 8.52. The van der Waals surface area contributed by atoms with Gasteiger partial charge in [-0.2, -0.15) is 0 Å². The number of hydrogen-bond donors (Lipinski definition) is 2. The van der Waals surface area contributed by atoms with E-state index in [1.807, 2.05) is 0 Å². The first kappa shape index (κ1) is 14.0. The fourth-order valence-electron chi connectivity index (χ4n) is 4.34. The number of rotatable bonds is 0. The zero-order chi connectivity index (χ0) is 15.3. The van der Waals surface area contributed by atoms with Crippen molar-refractivity contribution in [2.24, 2.45) is 0 Å². The Morgan fingerprint density at radius 1 is 1.32 bits per heavy atom. The zero-order valence-electron chi connectivity index (χ0n) is 13.4. The Hall–Kier alpha value is -1.58. The number of hydrogen-bond acceptors (Lipinski definition) is 2. The highest BCUT2D eigenvalue weighted by atomic mass is 16.3. The van der Waals surface area contributed by atoms with E-state index in [9.17, 15) is 5.11 Å². The molecule has 0 saturated carbocycles. The molecular formula is C19H24N2O. The van der Waals surface area contributed by atoms with Gasteiger partial charge in [0, 0.05) is 42.1 Å². The molecule has 22 heavy (non-hydrogen) atoms. The molecule has 0 aliphatic carbocycles. The normalized spacial score (nSPS) is 33.5. The number of benzene rings is 1. The number of nitrogens with zero attached hydrogens (tertiary/aromatic N) is 1. The van der Waals surface area contributed by atoms with Gasteiger partial charge in [0.05, 0.1) is 5.60 Å². The van der Waals surface area contributed by atoms with Crippen molar-refractivity contribution in [3.8, 4) is 0 Å². The minimum absolute atomic E-state index is 0.0985. The first-order chi connectivity index (χ1) is 10.6. The van der Waals surface area contributed by atoms with Crippen LogP contribution in [0.25, 0.3) is 10.9 Å². The van der Waals surface area contributed by atoms with Crippen LogP contribution in [0, 0.1) is 0 Å². The van der Waals surface area contributed by atoms with E-state index < -0.39 is 5.60 Å². The van der Waals surface area contributed by atoms with E-state index in [1.165, 1.54) is 27.7 Å². The average Bonchev–Trinajstić information content (AvgIpc) is 2.93. The van der Waals surface area contributed by atoms with Gasteiger partial charge in [-0.1, -0.05) is 31.2 Å². The number of piperidine rings is 1. The number of allylic oxidation sites excluding steroid dienone is 1. The Labute approximate surface area is 131 Å². The number of H-pyrrole nitrogens is 1. The molecule has 1 saturated heterocycles. The summed E-state index contributed by atoms with van der Waals surface area (Å²) in [5, 5.41) is 12.8. The van der Waals surface area contributed by atoms with E-state index in [-0.39, 0.29) is 5.92 Å². The number of nitrogens with one attached hydrogen (secondary N) is 1. The predicted molar refractivity (Wildman–Crippen MR) is 90.2 cm³/mol. The smallest absolute Gasteiger partial charge is 0.0961 e. The number of aromatic amines is 1. The van der Waals surface area contributed by atoms with Gasteiger partial charge in [-0.3, -0.25) is 4.90 Å². The minimum Gasteiger partial charge on any atom is -0.385 e. The van der Waals surface area contributed by atoms with Gasteiger partial charge in [-0.15, -0.1) is 0 Å². The molecule has 3 atom stereocenters. The molecule has 1 aromatic heterocycles. The van der Waals surface area contributed by atoms with Crippen LogP contribution in [0.5, 0.6) is 0 Å². The molecule has 3 heteroatoms. The molecule has 4 heterocycles. The van der Waals surface area contributed by atoms with Gasteiger partial charge in [-0.25, -0.2) is 0 Å². The Kier molecular flexibility index (Phi) is 3.17. The highest BCUT2D eigenvalue weighted by Gasteiger charge is 2.44. The van der Waals surface area contributed by atoms with Crippen molar-refractivity contribution in [2.75, 3.05) is 19.6 Å². The summed E-state index contributed by atoms with van der Waals surface area (Å²) in [5.74, 6) is 0.0985. The maximum Gasteiger partial charge on any atom is 0.0961 e. The largest absolute Gasteiger partial charge is 0.385 e. The fraction of sp³-hybridized carbons (Fsp3) is 0.474. The monoisotopic (exact) mass is 296 g/mol. The molecule has 5 rings (SSSR count). The molecule has 1 fully saturated rings. The molecule has 0 radical (unpaired) electrons. The van der Waals surface area contributed by atoms with Gasteiger partial charge in [0.2, 0.25) is 0 Å². The molecule has 2 aromatic rings. The Morgan fingerprint density at radius 3 is 2.95 bits per heavy atom. The number of fused-ring (bicyclic) bond motifs is 4. The third-order valence-electron chi connectivity index (χ3n) is 5.78. The van der Waals surface area contributed by atoms with Crippen molar-refractivity contribution in [1.82, 2.24) is 9.88 Å². The van der Waals surface area contributed by atoms with E-state index >= 15 is 0 Å². The number of para-hydroxylation sites is 1. The molecule has 2 bridgehead atoms. The Bertz CT molecular complexity index is 745. The predicted octanol–water partition coefficient (Wildman–Crippen LogP) is 3.21. The van der Waals surface area contributed by atoms with Crippen LogP contribution < -0.4 is 0 Å². The zero-order valence-corrected chi connectivity index (χ0v) is 13.4. The van der Waals surface area contributed by atoms with Crippen LogP contribution in [-0.4, -0.2) is 40.2 Å². The topological polar surface area (TPSA) is 39.3 Å². The highest BCUT2D eigenvalue weighted by molar-refractivity contribution is 5.85. The van der Waals surface area contributed by atoms with E-state index in [0.717, 1.165) is 32.5 Å². The second-order valence-electron chi connectivity index (χ2n) is 6.80. The maximum atomic E-state index is 11.4. The molecular weight excluding hydrogens is 272 g/mol. The molecule has 116 valence electrons. The molecule has 0 amide bonds. The standard InChI is InChI=1S/C19H24N2O/c1-3-14-12-21-10-8-16-15-6-4-5-7-17(15)20-18(16)13(2)19(14,22)9-11-21/h3-7,13,20,22H,8-12H2,1-2H3/b14-3-/t13-,19-/m0/s1. The van der Waals surface area contributed by atoms with Crippen LogP contribution in [0.15, 0.2) is 35.9 Å². The van der Waals surface area contributed by atoms with Crippen molar-refractivity contribution in [1.29, 1.82) is 0 Å². The van der Waals surface area contributed by atoms with Gasteiger partial charge in [0.1, 0.15) is 0 Å². The fourth-order valence-corrected chi connectivity index (χ4v) is 4.34. The third kappa shape index (κ3) is 1.89. The number of aromatic nitrogens is 1. The van der Waals surface area contributed by atoms with Crippen molar-refractivity contribution in [3.05, 3.63) is 47.2 Å². The second-order valence-corrected chi connectivity index (χ2v) is 6.80. The van der Waals surface area contributed by atoms with Gasteiger partial charge >= 0.3 is 0 Å². The first-order valence-corrected chi connectivity index (χ1v) is 8.33. The summed E-state index contributed by atoms with van der Waals surface area (Å²) >= 11 is 0. The summed E-state index contributed by atoms with van der Waals surface area (Å²) < 4.78 is 0. The van der Waals surface area contributed by atoms with Crippen LogP contribution >= 0.6 is 0 Å². The lowest BCUT2D eigenvalue weighted by Gasteiger charge is -2.43. The number of aliphatic hydroxyl groups is 1. The average molecular weight is 296 g/mol. The molecule has 1 unspecified atom stereocenters. The minimum atomic E-state index is -0.717. The van der Waals surface area contributed by atoms with Gasteiger partial charge in [0.25, 0.3) is 0 Å². The Balaban J connectivity index is 1.93. The molecule has 3 aliphatic rings. The van der Waals surface area contributed by atoms with Gasteiger partial charge < -0.3 is 10.1 Å². The molecule has 2 N–H and O–H groups in total. The van der Waals surface area contributed by atoms with Crippen molar-refractivity contribution in [3.63, 3.8) is 0 Å². The van der Waals surface area contributed by atoms with Crippen molar-refractivity contribution >= 4 is 10.9 Å². The van der Waals surface area contributed by atoms with E-state index in [1.54, 1.807) is 0 Å². The molecule has 1 aromatic carbocycles. The van der Waals surface area contributed by atoms with E-state index in [4.69, 9.17) is 0 Å². The lowest BCUT2D eigenvalue weighted by atomic mass is 9.75. The highest BCUT2D eigenvalue weighted by Crippen LogP contribution is 2.43. The molecule has 3 aliphatic heterocycles. The second kappa shape index (κ2) is 4.97. The van der Waals surface area contributed by atoms with Crippen LogP contribution in [0.1, 0.15) is 37.4 Å². The van der Waals surface area contributed by atoms with Crippen LogP contribution in [0.4, 0.5) is 0 Å². The van der Waals surface area contributed by atoms with Crippen LogP contribution in [-0.2, 0) is 6.42 Å². The first-order valence-electron chi connectivity index (χ1n) is 8.33. The van der Waals surface area contributed by atoms with Crippen LogP contribution in [0.3, 0.4) is 0 Å². The summed E-state index contributed by atoms with van der Waals surface area (Å²) in [7, 11) is 0. The quantitative estimate of drug-likeness (QED) is 0.733. The summed E-state index contributed by atoms with van der Waals surface area (Å²) in [4.78, 5) is 6.09. The maximum absolute atomic E-state index is 11.4. The van der Waals surface area contributed by atoms with E-state index in [0.29, 0.717) is 0 Å².